The number of aromatic nitrogens is 3. The molecule has 20 heavy (non-hydrogen) atoms. The van der Waals surface area contributed by atoms with Crippen LogP contribution in [0.25, 0.3) is 0 Å². The summed E-state index contributed by atoms with van der Waals surface area (Å²) in [4.78, 5) is 15.6. The third-order valence-electron chi connectivity index (χ3n) is 3.44. The summed E-state index contributed by atoms with van der Waals surface area (Å²) in [7, 11) is 1.36. The molecule has 2 aromatic rings. The molecule has 0 bridgehead atoms. The van der Waals surface area contributed by atoms with Gasteiger partial charge in [-0.15, -0.1) is 0 Å². The maximum Gasteiger partial charge on any atom is 0.339 e. The van der Waals surface area contributed by atoms with E-state index in [-0.39, 0.29) is 5.97 Å². The van der Waals surface area contributed by atoms with Crippen LogP contribution in [-0.4, -0.2) is 27.8 Å². The van der Waals surface area contributed by atoms with Crippen LogP contribution in [-0.2, 0) is 17.7 Å². The van der Waals surface area contributed by atoms with Crippen molar-refractivity contribution in [2.75, 3.05) is 7.11 Å². The van der Waals surface area contributed by atoms with Gasteiger partial charge >= 0.3 is 5.97 Å². The molecule has 0 fully saturated rings. The van der Waals surface area contributed by atoms with Crippen molar-refractivity contribution >= 4 is 5.97 Å². The molecule has 0 radical (unpaired) electrons. The molecule has 0 aliphatic heterocycles. The first-order valence-corrected chi connectivity index (χ1v) is 6.63. The number of rotatable bonds is 4. The highest BCUT2D eigenvalue weighted by Gasteiger charge is 2.11. The van der Waals surface area contributed by atoms with Crippen LogP contribution >= 0.6 is 0 Å². The van der Waals surface area contributed by atoms with Crippen molar-refractivity contribution in [1.82, 2.24) is 14.8 Å². The summed E-state index contributed by atoms with van der Waals surface area (Å²) in [5.41, 5.74) is 4.85. The van der Waals surface area contributed by atoms with Gasteiger partial charge in [-0.3, -0.25) is 9.67 Å². The van der Waals surface area contributed by atoms with Gasteiger partial charge in [-0.1, -0.05) is 6.92 Å². The Hall–Kier alpha value is -2.17. The molecular weight excluding hydrogens is 254 g/mol. The highest BCUT2D eigenvalue weighted by Crippen LogP contribution is 2.14. The monoisotopic (exact) mass is 273 g/mol. The lowest BCUT2D eigenvalue weighted by atomic mass is 10.1. The Morgan fingerprint density at radius 2 is 2.10 bits per heavy atom. The van der Waals surface area contributed by atoms with E-state index in [1.807, 2.05) is 17.7 Å². The SMILES string of the molecule is CCc1c(C)nn(Cc2ccc(C(=O)OC)cn2)c1C. The number of hydrogen-bond donors (Lipinski definition) is 0. The Kier molecular flexibility index (Phi) is 4.17. The molecule has 2 heterocycles. The van der Waals surface area contributed by atoms with Gasteiger partial charge in [0, 0.05) is 11.9 Å². The van der Waals surface area contributed by atoms with E-state index >= 15 is 0 Å². The second-order valence-electron chi connectivity index (χ2n) is 4.69. The molecule has 5 heteroatoms. The van der Waals surface area contributed by atoms with Crippen LogP contribution in [0.5, 0.6) is 0 Å². The second kappa shape index (κ2) is 5.86. The topological polar surface area (TPSA) is 57.0 Å². The maximum absolute atomic E-state index is 11.3. The zero-order chi connectivity index (χ0) is 14.7. The van der Waals surface area contributed by atoms with Gasteiger partial charge < -0.3 is 4.74 Å². The van der Waals surface area contributed by atoms with Crippen LogP contribution in [0.1, 0.15) is 39.9 Å². The van der Waals surface area contributed by atoms with Crippen molar-refractivity contribution < 1.29 is 9.53 Å². The molecule has 0 saturated carbocycles. The Morgan fingerprint density at radius 3 is 2.60 bits per heavy atom. The first-order chi connectivity index (χ1) is 9.56. The average Bonchev–Trinajstić information content (AvgIpc) is 2.73. The fraction of sp³-hybridized carbons (Fsp3) is 0.400. The lowest BCUT2D eigenvalue weighted by Gasteiger charge is -2.05. The molecule has 106 valence electrons. The van der Waals surface area contributed by atoms with Crippen LogP contribution in [0.3, 0.4) is 0 Å². The van der Waals surface area contributed by atoms with Gasteiger partial charge in [0.25, 0.3) is 0 Å². The first-order valence-electron chi connectivity index (χ1n) is 6.63. The number of carbonyl (C=O) groups excluding carboxylic acids is 1. The van der Waals surface area contributed by atoms with Crippen LogP contribution in [0.4, 0.5) is 0 Å². The van der Waals surface area contributed by atoms with E-state index in [4.69, 9.17) is 0 Å². The summed E-state index contributed by atoms with van der Waals surface area (Å²) < 4.78 is 6.60. The number of ether oxygens (including phenoxy) is 1. The molecule has 2 rings (SSSR count). The third-order valence-corrected chi connectivity index (χ3v) is 3.44. The number of esters is 1. The molecule has 0 amide bonds. The number of pyridine rings is 1. The number of hydrogen-bond acceptors (Lipinski definition) is 4. The van der Waals surface area contributed by atoms with Gasteiger partial charge in [0.15, 0.2) is 0 Å². The zero-order valence-corrected chi connectivity index (χ0v) is 12.3. The number of nitrogens with zero attached hydrogens (tertiary/aromatic N) is 3. The van der Waals surface area contributed by atoms with E-state index in [2.05, 4.69) is 28.7 Å². The molecule has 0 N–H and O–H groups in total. The Morgan fingerprint density at radius 1 is 1.35 bits per heavy atom. The van der Waals surface area contributed by atoms with E-state index in [0.29, 0.717) is 12.1 Å². The molecule has 0 aliphatic rings. The summed E-state index contributed by atoms with van der Waals surface area (Å²) in [5.74, 6) is -0.372. The summed E-state index contributed by atoms with van der Waals surface area (Å²) in [6, 6.07) is 3.55. The predicted octanol–water partition coefficient (Wildman–Crippen LogP) is 2.29. The van der Waals surface area contributed by atoms with Gasteiger partial charge in [-0.25, -0.2) is 4.79 Å². The maximum atomic E-state index is 11.3. The van der Waals surface area contributed by atoms with Gasteiger partial charge in [0.1, 0.15) is 0 Å². The molecule has 0 saturated heterocycles. The lowest BCUT2D eigenvalue weighted by molar-refractivity contribution is 0.0600. The molecule has 5 nitrogen and oxygen atoms in total. The molecule has 0 aliphatic carbocycles. The predicted molar refractivity (Wildman–Crippen MR) is 75.8 cm³/mol. The molecule has 0 atom stereocenters. The molecule has 2 aromatic heterocycles. The number of methoxy groups -OCH3 is 1. The van der Waals surface area contributed by atoms with Crippen LogP contribution in [0.2, 0.25) is 0 Å². The van der Waals surface area contributed by atoms with Crippen molar-refractivity contribution in [2.45, 2.75) is 33.7 Å². The first kappa shape index (κ1) is 14.2. The number of aryl methyl sites for hydroxylation is 1. The molecule has 0 unspecified atom stereocenters. The third kappa shape index (κ3) is 2.71. The minimum atomic E-state index is -0.372. The highest BCUT2D eigenvalue weighted by molar-refractivity contribution is 5.88. The van der Waals surface area contributed by atoms with Gasteiger partial charge in [-0.2, -0.15) is 5.10 Å². The second-order valence-corrected chi connectivity index (χ2v) is 4.69. The van der Waals surface area contributed by atoms with Crippen molar-refractivity contribution in [2.24, 2.45) is 0 Å². The lowest BCUT2D eigenvalue weighted by Crippen LogP contribution is -2.07. The number of carbonyl (C=O) groups is 1. The van der Waals surface area contributed by atoms with Crippen LogP contribution in [0, 0.1) is 13.8 Å². The fourth-order valence-electron chi connectivity index (χ4n) is 2.31. The van der Waals surface area contributed by atoms with Gasteiger partial charge in [-0.05, 0) is 38.0 Å². The zero-order valence-electron chi connectivity index (χ0n) is 12.3. The van der Waals surface area contributed by atoms with Crippen molar-refractivity contribution in [3.8, 4) is 0 Å². The smallest absolute Gasteiger partial charge is 0.339 e. The van der Waals surface area contributed by atoms with E-state index in [9.17, 15) is 4.79 Å². The van der Waals surface area contributed by atoms with E-state index in [1.165, 1.54) is 24.6 Å². The standard InChI is InChI=1S/C15H19N3O2/c1-5-14-10(2)17-18(11(14)3)9-13-7-6-12(8-16-13)15(19)20-4/h6-8H,5,9H2,1-4H3. The average molecular weight is 273 g/mol. The van der Waals surface area contributed by atoms with Gasteiger partial charge in [0.2, 0.25) is 0 Å². The largest absolute Gasteiger partial charge is 0.465 e. The van der Waals surface area contributed by atoms with Crippen LogP contribution < -0.4 is 0 Å². The Balaban J connectivity index is 2.20. The van der Waals surface area contributed by atoms with Crippen molar-refractivity contribution in [1.29, 1.82) is 0 Å². The quantitative estimate of drug-likeness (QED) is 0.802. The molecule has 0 aromatic carbocycles. The highest BCUT2D eigenvalue weighted by atomic mass is 16.5. The Labute approximate surface area is 118 Å². The summed E-state index contributed by atoms with van der Waals surface area (Å²) >= 11 is 0. The van der Waals surface area contributed by atoms with E-state index < -0.39 is 0 Å². The van der Waals surface area contributed by atoms with E-state index in [0.717, 1.165) is 17.8 Å². The summed E-state index contributed by atoms with van der Waals surface area (Å²) in [6.07, 6.45) is 2.51. The van der Waals surface area contributed by atoms with E-state index in [1.54, 1.807) is 6.07 Å². The molecule has 0 spiro atoms. The minimum absolute atomic E-state index is 0.372. The molecular formula is C15H19N3O2. The minimum Gasteiger partial charge on any atom is -0.465 e. The van der Waals surface area contributed by atoms with Crippen LogP contribution in [0.15, 0.2) is 18.3 Å². The summed E-state index contributed by atoms with van der Waals surface area (Å²) in [5, 5.41) is 4.54. The van der Waals surface area contributed by atoms with Gasteiger partial charge in [0.05, 0.1) is 30.6 Å². The van der Waals surface area contributed by atoms with Crippen molar-refractivity contribution in [3.63, 3.8) is 0 Å². The Bertz CT molecular complexity index is 615. The normalized spacial score (nSPS) is 10.6. The summed E-state index contributed by atoms with van der Waals surface area (Å²) in [6.45, 7) is 6.83. The van der Waals surface area contributed by atoms with Crippen molar-refractivity contribution in [3.05, 3.63) is 46.5 Å². The fourth-order valence-corrected chi connectivity index (χ4v) is 2.31.